The lowest BCUT2D eigenvalue weighted by Gasteiger charge is -2.04. The highest BCUT2D eigenvalue weighted by molar-refractivity contribution is 6.04. The van der Waals surface area contributed by atoms with Crippen LogP contribution in [0.25, 0.3) is 0 Å². The molecule has 1 aromatic heterocycles. The van der Waals surface area contributed by atoms with E-state index in [0.29, 0.717) is 5.56 Å². The molecule has 2 aromatic rings. The molecule has 0 saturated heterocycles. The van der Waals surface area contributed by atoms with E-state index in [0.717, 1.165) is 0 Å². The van der Waals surface area contributed by atoms with Crippen LogP contribution >= 0.6 is 0 Å². The van der Waals surface area contributed by atoms with Gasteiger partial charge in [0.05, 0.1) is 4.92 Å². The molecule has 0 radical (unpaired) electrons. The summed E-state index contributed by atoms with van der Waals surface area (Å²) >= 11 is 0. The van der Waals surface area contributed by atoms with Crippen LogP contribution in [0.15, 0.2) is 24.4 Å². The van der Waals surface area contributed by atoms with E-state index in [1.807, 2.05) is 6.07 Å². The number of aryl methyl sites for hydroxylation is 2. The van der Waals surface area contributed by atoms with Gasteiger partial charge in [0.2, 0.25) is 0 Å². The van der Waals surface area contributed by atoms with Gasteiger partial charge in [-0.15, -0.1) is 0 Å². The number of carbonyl (C=O) groups excluding carboxylic acids is 1. The summed E-state index contributed by atoms with van der Waals surface area (Å²) in [5.41, 5.74) is 0.672. The van der Waals surface area contributed by atoms with Gasteiger partial charge in [-0.2, -0.15) is 10.4 Å². The van der Waals surface area contributed by atoms with Crippen LogP contribution in [0.2, 0.25) is 0 Å². The zero-order valence-electron chi connectivity index (χ0n) is 11.3. The molecule has 1 aromatic carbocycles. The van der Waals surface area contributed by atoms with Gasteiger partial charge in [0.25, 0.3) is 11.6 Å². The standard InChI is InChI=1S/C13H11N5O3/c1-8-3-4-9(5-11(8)18(20)21)13(19)15-12-10(6-14)7-17(2)16-12/h3-5,7H,1-2H3,(H,15,16,19). The second kappa shape index (κ2) is 5.42. The summed E-state index contributed by atoms with van der Waals surface area (Å²) in [6.45, 7) is 1.59. The number of nitro groups is 1. The Hall–Kier alpha value is -3.21. The normalized spacial score (nSPS) is 9.95. The van der Waals surface area contributed by atoms with Crippen molar-refractivity contribution in [2.75, 3.05) is 5.32 Å². The smallest absolute Gasteiger partial charge is 0.273 e. The third-order valence-electron chi connectivity index (χ3n) is 2.85. The average molecular weight is 285 g/mol. The number of nitrogens with one attached hydrogen (secondary N) is 1. The second-order valence-electron chi connectivity index (χ2n) is 4.39. The lowest BCUT2D eigenvalue weighted by molar-refractivity contribution is -0.385. The van der Waals surface area contributed by atoms with Crippen molar-refractivity contribution in [2.24, 2.45) is 7.05 Å². The molecular weight excluding hydrogens is 274 g/mol. The molecule has 8 nitrogen and oxygen atoms in total. The van der Waals surface area contributed by atoms with Crippen LogP contribution in [-0.2, 0) is 7.05 Å². The first-order valence-electron chi connectivity index (χ1n) is 5.92. The van der Waals surface area contributed by atoms with Gasteiger partial charge in [-0.1, -0.05) is 6.07 Å². The number of aromatic nitrogens is 2. The number of amides is 1. The fourth-order valence-corrected chi connectivity index (χ4v) is 1.79. The van der Waals surface area contributed by atoms with Gasteiger partial charge >= 0.3 is 0 Å². The minimum absolute atomic E-state index is 0.119. The van der Waals surface area contributed by atoms with E-state index in [9.17, 15) is 14.9 Å². The molecule has 21 heavy (non-hydrogen) atoms. The van der Waals surface area contributed by atoms with Crippen molar-refractivity contribution in [2.45, 2.75) is 6.92 Å². The summed E-state index contributed by atoms with van der Waals surface area (Å²) in [5.74, 6) is -0.443. The van der Waals surface area contributed by atoms with Crippen molar-refractivity contribution in [3.8, 4) is 6.07 Å². The van der Waals surface area contributed by atoms with Gasteiger partial charge in [-0.25, -0.2) is 0 Å². The van der Waals surface area contributed by atoms with Crippen molar-refractivity contribution in [1.29, 1.82) is 5.26 Å². The molecule has 0 atom stereocenters. The van der Waals surface area contributed by atoms with E-state index in [-0.39, 0.29) is 22.6 Å². The zero-order chi connectivity index (χ0) is 15.6. The Morgan fingerprint density at radius 2 is 2.24 bits per heavy atom. The first kappa shape index (κ1) is 14.2. The molecule has 106 valence electrons. The molecule has 0 saturated carbocycles. The van der Waals surface area contributed by atoms with E-state index in [4.69, 9.17) is 5.26 Å². The Labute approximate surface area is 119 Å². The Morgan fingerprint density at radius 3 is 2.86 bits per heavy atom. The molecule has 0 spiro atoms. The largest absolute Gasteiger partial charge is 0.304 e. The van der Waals surface area contributed by atoms with Crippen molar-refractivity contribution >= 4 is 17.4 Å². The van der Waals surface area contributed by atoms with Crippen LogP contribution in [-0.4, -0.2) is 20.6 Å². The van der Waals surface area contributed by atoms with Gasteiger partial charge in [0, 0.05) is 30.4 Å². The van der Waals surface area contributed by atoms with Gasteiger partial charge in [0.15, 0.2) is 5.82 Å². The van der Waals surface area contributed by atoms with E-state index < -0.39 is 10.8 Å². The monoisotopic (exact) mass is 285 g/mol. The van der Waals surface area contributed by atoms with Gasteiger partial charge < -0.3 is 5.32 Å². The van der Waals surface area contributed by atoms with Gasteiger partial charge in [-0.05, 0) is 13.0 Å². The van der Waals surface area contributed by atoms with E-state index in [1.54, 1.807) is 14.0 Å². The van der Waals surface area contributed by atoms with E-state index in [1.165, 1.54) is 29.1 Å². The zero-order valence-corrected chi connectivity index (χ0v) is 11.3. The third kappa shape index (κ3) is 2.87. The molecule has 0 aliphatic rings. The molecule has 0 fully saturated rings. The summed E-state index contributed by atoms with van der Waals surface area (Å²) in [4.78, 5) is 22.4. The van der Waals surface area contributed by atoms with Gasteiger partial charge in [0.1, 0.15) is 11.6 Å². The van der Waals surface area contributed by atoms with Crippen LogP contribution in [0.1, 0.15) is 21.5 Å². The topological polar surface area (TPSA) is 114 Å². The summed E-state index contributed by atoms with van der Waals surface area (Å²) in [5, 5.41) is 26.2. The number of carbonyl (C=O) groups is 1. The maximum atomic E-state index is 12.1. The third-order valence-corrected chi connectivity index (χ3v) is 2.85. The highest BCUT2D eigenvalue weighted by Gasteiger charge is 2.17. The lowest BCUT2D eigenvalue weighted by atomic mass is 10.1. The number of anilines is 1. The molecule has 0 aliphatic carbocycles. The first-order valence-corrected chi connectivity index (χ1v) is 5.92. The highest BCUT2D eigenvalue weighted by Crippen LogP contribution is 2.20. The molecule has 0 bridgehead atoms. The number of nitrogens with zero attached hydrogens (tertiary/aromatic N) is 4. The predicted molar refractivity (Wildman–Crippen MR) is 73.7 cm³/mol. The highest BCUT2D eigenvalue weighted by atomic mass is 16.6. The number of hydrogen-bond acceptors (Lipinski definition) is 5. The number of nitriles is 1. The quantitative estimate of drug-likeness (QED) is 0.681. The van der Waals surface area contributed by atoms with Crippen LogP contribution in [0.4, 0.5) is 11.5 Å². The van der Waals surface area contributed by atoms with Crippen molar-refractivity contribution in [1.82, 2.24) is 9.78 Å². The molecule has 2 rings (SSSR count). The summed E-state index contributed by atoms with van der Waals surface area (Å²) in [6.07, 6.45) is 1.47. The SMILES string of the molecule is Cc1ccc(C(=O)Nc2nn(C)cc2C#N)cc1[N+](=O)[O-]. The Balaban J connectivity index is 2.31. The van der Waals surface area contributed by atoms with Crippen LogP contribution < -0.4 is 5.32 Å². The maximum Gasteiger partial charge on any atom is 0.273 e. The summed E-state index contributed by atoms with van der Waals surface area (Å²) in [7, 11) is 1.62. The Bertz CT molecular complexity index is 773. The van der Waals surface area contributed by atoms with E-state index >= 15 is 0 Å². The van der Waals surface area contributed by atoms with Crippen molar-refractivity contribution < 1.29 is 9.72 Å². The number of benzene rings is 1. The molecular formula is C13H11N5O3. The van der Waals surface area contributed by atoms with E-state index in [2.05, 4.69) is 10.4 Å². The predicted octanol–water partition coefficient (Wildman–Crippen LogP) is 1.76. The molecule has 1 amide bonds. The second-order valence-corrected chi connectivity index (χ2v) is 4.39. The van der Waals surface area contributed by atoms with Crippen molar-refractivity contribution in [3.63, 3.8) is 0 Å². The Morgan fingerprint density at radius 1 is 1.52 bits per heavy atom. The minimum atomic E-state index is -0.562. The summed E-state index contributed by atoms with van der Waals surface area (Å²) < 4.78 is 1.39. The fraction of sp³-hybridized carbons (Fsp3) is 0.154. The Kier molecular flexibility index (Phi) is 3.67. The van der Waals surface area contributed by atoms with Crippen molar-refractivity contribution in [3.05, 3.63) is 51.2 Å². The van der Waals surface area contributed by atoms with Crippen LogP contribution in [0.3, 0.4) is 0 Å². The van der Waals surface area contributed by atoms with Crippen LogP contribution in [0.5, 0.6) is 0 Å². The van der Waals surface area contributed by atoms with Gasteiger partial charge in [-0.3, -0.25) is 19.6 Å². The first-order chi connectivity index (χ1) is 9.92. The maximum absolute atomic E-state index is 12.1. The molecule has 8 heteroatoms. The minimum Gasteiger partial charge on any atom is -0.304 e. The molecule has 1 heterocycles. The number of nitro benzene ring substituents is 1. The van der Waals surface area contributed by atoms with Crippen LogP contribution in [0, 0.1) is 28.4 Å². The average Bonchev–Trinajstić information content (AvgIpc) is 2.78. The summed E-state index contributed by atoms with van der Waals surface area (Å²) in [6, 6.07) is 6.08. The number of hydrogen-bond donors (Lipinski definition) is 1. The lowest BCUT2D eigenvalue weighted by Crippen LogP contribution is -2.13. The fourth-order valence-electron chi connectivity index (χ4n) is 1.79. The molecule has 0 unspecified atom stereocenters. The molecule has 0 aliphatic heterocycles. The number of rotatable bonds is 3. The molecule has 1 N–H and O–H groups in total.